The number of benzene rings is 1. The van der Waals surface area contributed by atoms with E-state index in [0.29, 0.717) is 12.1 Å². The second-order valence-electron chi connectivity index (χ2n) is 3.36. The van der Waals surface area contributed by atoms with E-state index in [1.54, 1.807) is 13.0 Å². The van der Waals surface area contributed by atoms with Crippen LogP contribution in [0.4, 0.5) is 5.69 Å². The van der Waals surface area contributed by atoms with Crippen molar-refractivity contribution in [2.24, 2.45) is 0 Å². The first kappa shape index (κ1) is 10.6. The van der Waals surface area contributed by atoms with Gasteiger partial charge in [0.2, 0.25) is 0 Å². The summed E-state index contributed by atoms with van der Waals surface area (Å²) in [5, 5.41) is 18.1. The Kier molecular flexibility index (Phi) is 3.49. The quantitative estimate of drug-likeness (QED) is 0.783. The standard InChI is InChI=1S/C11H14N2O/c1-9(14)8-13(2)11-6-4-3-5-10(11)7-12/h3-6,9,14H,8H2,1-2H3. The first-order valence-corrected chi connectivity index (χ1v) is 4.53. The molecule has 0 aromatic heterocycles. The molecule has 0 radical (unpaired) electrons. The summed E-state index contributed by atoms with van der Waals surface area (Å²) in [5.41, 5.74) is 1.49. The van der Waals surface area contributed by atoms with Gasteiger partial charge in [-0.25, -0.2) is 0 Å². The maximum atomic E-state index is 9.22. The Morgan fingerprint density at radius 2 is 2.14 bits per heavy atom. The number of aliphatic hydroxyl groups excluding tert-OH is 1. The number of hydrogen-bond acceptors (Lipinski definition) is 3. The van der Waals surface area contributed by atoms with Crippen molar-refractivity contribution in [2.45, 2.75) is 13.0 Å². The van der Waals surface area contributed by atoms with Gasteiger partial charge < -0.3 is 10.0 Å². The Labute approximate surface area is 84.2 Å². The van der Waals surface area contributed by atoms with Crippen LogP contribution in [0.2, 0.25) is 0 Å². The number of nitriles is 1. The molecule has 0 amide bonds. The van der Waals surface area contributed by atoms with Crippen molar-refractivity contribution >= 4 is 5.69 Å². The lowest BCUT2D eigenvalue weighted by atomic mass is 10.2. The van der Waals surface area contributed by atoms with E-state index in [-0.39, 0.29) is 0 Å². The van der Waals surface area contributed by atoms with Gasteiger partial charge in [-0.05, 0) is 19.1 Å². The van der Waals surface area contributed by atoms with Crippen LogP contribution in [0.15, 0.2) is 24.3 Å². The highest BCUT2D eigenvalue weighted by molar-refractivity contribution is 5.58. The third kappa shape index (κ3) is 2.48. The number of rotatable bonds is 3. The monoisotopic (exact) mass is 190 g/mol. The van der Waals surface area contributed by atoms with Crippen LogP contribution >= 0.6 is 0 Å². The number of anilines is 1. The van der Waals surface area contributed by atoms with Gasteiger partial charge in [0.25, 0.3) is 0 Å². The third-order valence-electron chi connectivity index (χ3n) is 1.97. The molecule has 1 aromatic carbocycles. The Morgan fingerprint density at radius 1 is 1.50 bits per heavy atom. The maximum absolute atomic E-state index is 9.22. The highest BCUT2D eigenvalue weighted by Gasteiger charge is 2.07. The molecule has 0 heterocycles. The number of likely N-dealkylation sites (N-methyl/N-ethyl adjacent to an activating group) is 1. The molecule has 1 atom stereocenters. The van der Waals surface area contributed by atoms with E-state index in [4.69, 9.17) is 5.26 Å². The summed E-state index contributed by atoms with van der Waals surface area (Å²) in [6.45, 7) is 2.25. The van der Waals surface area contributed by atoms with Gasteiger partial charge in [-0.1, -0.05) is 12.1 Å². The summed E-state index contributed by atoms with van der Waals surface area (Å²) < 4.78 is 0. The lowest BCUT2D eigenvalue weighted by Gasteiger charge is -2.21. The summed E-state index contributed by atoms with van der Waals surface area (Å²) in [5.74, 6) is 0. The fourth-order valence-electron chi connectivity index (χ4n) is 1.40. The second kappa shape index (κ2) is 4.64. The lowest BCUT2D eigenvalue weighted by Crippen LogP contribution is -2.27. The Balaban J connectivity index is 2.89. The van der Waals surface area contributed by atoms with Gasteiger partial charge in [-0.2, -0.15) is 5.26 Å². The fourth-order valence-corrected chi connectivity index (χ4v) is 1.40. The van der Waals surface area contributed by atoms with Gasteiger partial charge >= 0.3 is 0 Å². The van der Waals surface area contributed by atoms with E-state index in [1.165, 1.54) is 0 Å². The van der Waals surface area contributed by atoms with Crippen LogP contribution in [0.1, 0.15) is 12.5 Å². The van der Waals surface area contributed by atoms with E-state index in [0.717, 1.165) is 5.69 Å². The molecular weight excluding hydrogens is 176 g/mol. The zero-order chi connectivity index (χ0) is 10.6. The van der Waals surface area contributed by atoms with Gasteiger partial charge in [-0.3, -0.25) is 0 Å². The molecule has 1 N–H and O–H groups in total. The molecule has 74 valence electrons. The SMILES string of the molecule is CC(O)CN(C)c1ccccc1C#N. The predicted octanol–water partition coefficient (Wildman–Crippen LogP) is 1.38. The zero-order valence-corrected chi connectivity index (χ0v) is 8.44. The van der Waals surface area contributed by atoms with Crippen LogP contribution < -0.4 is 4.90 Å². The summed E-state index contributed by atoms with van der Waals surface area (Å²) in [7, 11) is 1.86. The average Bonchev–Trinajstić information content (AvgIpc) is 2.16. The molecule has 0 aliphatic rings. The molecule has 0 spiro atoms. The van der Waals surface area contributed by atoms with Gasteiger partial charge in [0.05, 0.1) is 17.4 Å². The van der Waals surface area contributed by atoms with Gasteiger partial charge in [-0.15, -0.1) is 0 Å². The van der Waals surface area contributed by atoms with Gasteiger partial charge in [0.15, 0.2) is 0 Å². The summed E-state index contributed by atoms with van der Waals surface area (Å²) >= 11 is 0. The highest BCUT2D eigenvalue weighted by atomic mass is 16.3. The van der Waals surface area contributed by atoms with Crippen LogP contribution in [0.5, 0.6) is 0 Å². The molecule has 0 aliphatic heterocycles. The van der Waals surface area contributed by atoms with Crippen molar-refractivity contribution in [1.82, 2.24) is 0 Å². The van der Waals surface area contributed by atoms with Crippen molar-refractivity contribution in [2.75, 3.05) is 18.5 Å². The topological polar surface area (TPSA) is 47.3 Å². The van der Waals surface area contributed by atoms with E-state index in [1.807, 2.05) is 30.1 Å². The largest absolute Gasteiger partial charge is 0.392 e. The highest BCUT2D eigenvalue weighted by Crippen LogP contribution is 2.17. The van der Waals surface area contributed by atoms with Crippen LogP contribution in [0.25, 0.3) is 0 Å². The number of hydrogen-bond donors (Lipinski definition) is 1. The van der Waals surface area contributed by atoms with Crippen LogP contribution in [-0.2, 0) is 0 Å². The molecule has 0 fully saturated rings. The zero-order valence-electron chi connectivity index (χ0n) is 8.44. The Morgan fingerprint density at radius 3 is 2.71 bits per heavy atom. The number of nitrogens with zero attached hydrogens (tertiary/aromatic N) is 2. The number of aliphatic hydroxyl groups is 1. The first-order chi connectivity index (χ1) is 6.65. The lowest BCUT2D eigenvalue weighted by molar-refractivity contribution is 0.201. The maximum Gasteiger partial charge on any atom is 0.101 e. The van der Waals surface area contributed by atoms with E-state index in [2.05, 4.69) is 6.07 Å². The molecule has 1 rings (SSSR count). The Hall–Kier alpha value is -1.53. The Bertz CT molecular complexity index is 341. The predicted molar refractivity (Wildman–Crippen MR) is 56.1 cm³/mol. The molecule has 14 heavy (non-hydrogen) atoms. The third-order valence-corrected chi connectivity index (χ3v) is 1.97. The van der Waals surface area contributed by atoms with Crippen molar-refractivity contribution in [1.29, 1.82) is 5.26 Å². The molecule has 0 aliphatic carbocycles. The minimum Gasteiger partial charge on any atom is -0.392 e. The van der Waals surface area contributed by atoms with Gasteiger partial charge in [0.1, 0.15) is 6.07 Å². The number of para-hydroxylation sites is 1. The van der Waals surface area contributed by atoms with Crippen LogP contribution in [0.3, 0.4) is 0 Å². The first-order valence-electron chi connectivity index (χ1n) is 4.53. The molecule has 0 saturated heterocycles. The average molecular weight is 190 g/mol. The fraction of sp³-hybridized carbons (Fsp3) is 0.364. The molecule has 1 unspecified atom stereocenters. The van der Waals surface area contributed by atoms with Crippen molar-refractivity contribution in [3.05, 3.63) is 29.8 Å². The summed E-state index contributed by atoms with van der Waals surface area (Å²) in [6.07, 6.45) is -0.397. The molecule has 3 heteroatoms. The minimum absolute atomic E-state index is 0.397. The van der Waals surface area contributed by atoms with Crippen molar-refractivity contribution < 1.29 is 5.11 Å². The van der Waals surface area contributed by atoms with E-state index >= 15 is 0 Å². The normalized spacial score (nSPS) is 11.9. The molecular formula is C11H14N2O. The second-order valence-corrected chi connectivity index (χ2v) is 3.36. The molecule has 0 saturated carbocycles. The minimum atomic E-state index is -0.397. The van der Waals surface area contributed by atoms with Crippen molar-refractivity contribution in [3.63, 3.8) is 0 Å². The molecule has 0 bridgehead atoms. The van der Waals surface area contributed by atoms with Crippen molar-refractivity contribution in [3.8, 4) is 6.07 Å². The van der Waals surface area contributed by atoms with E-state index < -0.39 is 6.10 Å². The summed E-state index contributed by atoms with van der Waals surface area (Å²) in [6, 6.07) is 9.49. The smallest absolute Gasteiger partial charge is 0.101 e. The molecule has 1 aromatic rings. The summed E-state index contributed by atoms with van der Waals surface area (Å²) in [4.78, 5) is 1.88. The van der Waals surface area contributed by atoms with Crippen LogP contribution in [-0.4, -0.2) is 24.8 Å². The van der Waals surface area contributed by atoms with Gasteiger partial charge in [0, 0.05) is 13.6 Å². The van der Waals surface area contributed by atoms with Crippen LogP contribution in [0, 0.1) is 11.3 Å². The molecule has 3 nitrogen and oxygen atoms in total. The van der Waals surface area contributed by atoms with E-state index in [9.17, 15) is 5.11 Å².